The van der Waals surface area contributed by atoms with Crippen molar-refractivity contribution in [2.24, 2.45) is 0 Å². The SMILES string of the molecule is CCN(CC)C(=O)c1cc(N2CCC(NC)CC2)ccn1. The third-order valence-electron chi connectivity index (χ3n) is 4.28. The van der Waals surface area contributed by atoms with Crippen molar-refractivity contribution in [3.05, 3.63) is 24.0 Å². The molecule has 116 valence electrons. The number of aromatic nitrogens is 1. The zero-order valence-electron chi connectivity index (χ0n) is 13.3. The highest BCUT2D eigenvalue weighted by Gasteiger charge is 2.20. The van der Waals surface area contributed by atoms with Crippen LogP contribution in [0.4, 0.5) is 5.69 Å². The number of rotatable bonds is 5. The van der Waals surface area contributed by atoms with Crippen LogP contribution < -0.4 is 10.2 Å². The fourth-order valence-electron chi connectivity index (χ4n) is 2.83. The maximum absolute atomic E-state index is 12.4. The van der Waals surface area contributed by atoms with E-state index in [-0.39, 0.29) is 5.91 Å². The van der Waals surface area contributed by atoms with E-state index in [0.29, 0.717) is 11.7 Å². The number of hydrogen-bond acceptors (Lipinski definition) is 4. The molecule has 2 rings (SSSR count). The van der Waals surface area contributed by atoms with Crippen molar-refractivity contribution in [3.8, 4) is 0 Å². The Bertz CT molecular complexity index is 465. The molecule has 1 N–H and O–H groups in total. The van der Waals surface area contributed by atoms with Gasteiger partial charge in [-0.15, -0.1) is 0 Å². The van der Waals surface area contributed by atoms with Crippen LogP contribution in [-0.4, -0.2) is 55.1 Å². The van der Waals surface area contributed by atoms with Gasteiger partial charge in [0.25, 0.3) is 5.91 Å². The van der Waals surface area contributed by atoms with E-state index in [2.05, 4.69) is 15.2 Å². The summed E-state index contributed by atoms with van der Waals surface area (Å²) in [6.45, 7) is 7.47. The fraction of sp³-hybridized carbons (Fsp3) is 0.625. The average Bonchev–Trinajstić information content (AvgIpc) is 2.56. The van der Waals surface area contributed by atoms with Crippen molar-refractivity contribution >= 4 is 11.6 Å². The van der Waals surface area contributed by atoms with Crippen LogP contribution in [0.3, 0.4) is 0 Å². The van der Waals surface area contributed by atoms with Gasteiger partial charge in [0.2, 0.25) is 0 Å². The molecule has 1 amide bonds. The number of amides is 1. The van der Waals surface area contributed by atoms with E-state index in [9.17, 15) is 4.79 Å². The lowest BCUT2D eigenvalue weighted by Crippen LogP contribution is -2.41. The maximum Gasteiger partial charge on any atom is 0.272 e. The molecule has 0 bridgehead atoms. The standard InChI is InChI=1S/C16H26N4O/c1-4-19(5-2)16(21)15-12-14(6-9-18-15)20-10-7-13(17-3)8-11-20/h6,9,12-13,17H,4-5,7-8,10-11H2,1-3H3. The summed E-state index contributed by atoms with van der Waals surface area (Å²) < 4.78 is 0. The van der Waals surface area contributed by atoms with Crippen molar-refractivity contribution in [2.75, 3.05) is 38.1 Å². The molecule has 1 aromatic heterocycles. The number of piperidine rings is 1. The summed E-state index contributed by atoms with van der Waals surface area (Å²) in [4.78, 5) is 20.8. The largest absolute Gasteiger partial charge is 0.371 e. The first-order valence-electron chi connectivity index (χ1n) is 7.87. The van der Waals surface area contributed by atoms with Crippen LogP contribution in [0.25, 0.3) is 0 Å². The van der Waals surface area contributed by atoms with Gasteiger partial charge < -0.3 is 15.1 Å². The fourth-order valence-corrected chi connectivity index (χ4v) is 2.83. The zero-order chi connectivity index (χ0) is 15.2. The first kappa shape index (κ1) is 15.8. The number of hydrogen-bond donors (Lipinski definition) is 1. The predicted octanol–water partition coefficient (Wildman–Crippen LogP) is 1.75. The molecular formula is C16H26N4O. The maximum atomic E-state index is 12.4. The monoisotopic (exact) mass is 290 g/mol. The van der Waals surface area contributed by atoms with Crippen molar-refractivity contribution in [3.63, 3.8) is 0 Å². The van der Waals surface area contributed by atoms with Gasteiger partial charge in [0.1, 0.15) is 5.69 Å². The van der Waals surface area contributed by atoms with Crippen LogP contribution in [0.15, 0.2) is 18.3 Å². The van der Waals surface area contributed by atoms with Crippen LogP contribution in [0.2, 0.25) is 0 Å². The van der Waals surface area contributed by atoms with E-state index in [0.717, 1.165) is 44.7 Å². The number of nitrogens with zero attached hydrogens (tertiary/aromatic N) is 3. The number of pyridine rings is 1. The third kappa shape index (κ3) is 3.73. The van der Waals surface area contributed by atoms with E-state index < -0.39 is 0 Å². The van der Waals surface area contributed by atoms with Crippen LogP contribution in [0.5, 0.6) is 0 Å². The van der Waals surface area contributed by atoms with Crippen molar-refractivity contribution in [1.82, 2.24) is 15.2 Å². The Labute approximate surface area is 127 Å². The van der Waals surface area contributed by atoms with E-state index >= 15 is 0 Å². The summed E-state index contributed by atoms with van der Waals surface area (Å²) in [7, 11) is 2.02. The van der Waals surface area contributed by atoms with Gasteiger partial charge in [-0.3, -0.25) is 9.78 Å². The van der Waals surface area contributed by atoms with E-state index in [1.807, 2.05) is 33.0 Å². The quantitative estimate of drug-likeness (QED) is 0.897. The molecule has 0 saturated carbocycles. The second kappa shape index (κ2) is 7.41. The van der Waals surface area contributed by atoms with Gasteiger partial charge in [-0.05, 0) is 45.9 Å². The van der Waals surface area contributed by atoms with Gasteiger partial charge in [-0.1, -0.05) is 0 Å². The minimum absolute atomic E-state index is 0.0203. The molecule has 21 heavy (non-hydrogen) atoms. The van der Waals surface area contributed by atoms with Gasteiger partial charge in [0.05, 0.1) is 0 Å². The minimum atomic E-state index is 0.0203. The summed E-state index contributed by atoms with van der Waals surface area (Å²) in [5, 5.41) is 3.34. The molecule has 1 aliphatic rings. The molecule has 1 aromatic rings. The summed E-state index contributed by atoms with van der Waals surface area (Å²) in [6.07, 6.45) is 4.02. The zero-order valence-corrected chi connectivity index (χ0v) is 13.3. The molecular weight excluding hydrogens is 264 g/mol. The molecule has 0 aromatic carbocycles. The Morgan fingerprint density at radius 3 is 2.62 bits per heavy atom. The van der Waals surface area contributed by atoms with E-state index in [1.165, 1.54) is 0 Å². The highest BCUT2D eigenvalue weighted by Crippen LogP contribution is 2.20. The molecule has 1 fully saturated rings. The van der Waals surface area contributed by atoms with Gasteiger partial charge >= 0.3 is 0 Å². The van der Waals surface area contributed by atoms with Crippen LogP contribution in [0, 0.1) is 0 Å². The summed E-state index contributed by atoms with van der Waals surface area (Å²) in [6, 6.07) is 4.54. The first-order valence-corrected chi connectivity index (χ1v) is 7.87. The van der Waals surface area contributed by atoms with Gasteiger partial charge in [-0.2, -0.15) is 0 Å². The normalized spacial score (nSPS) is 16.0. The molecule has 0 aliphatic carbocycles. The Morgan fingerprint density at radius 2 is 2.05 bits per heavy atom. The van der Waals surface area contributed by atoms with Gasteiger partial charge in [-0.25, -0.2) is 0 Å². The Morgan fingerprint density at radius 1 is 1.38 bits per heavy atom. The molecule has 1 aliphatic heterocycles. The molecule has 0 atom stereocenters. The predicted molar refractivity (Wildman–Crippen MR) is 85.8 cm³/mol. The Kier molecular flexibility index (Phi) is 5.56. The topological polar surface area (TPSA) is 48.5 Å². The lowest BCUT2D eigenvalue weighted by atomic mass is 10.0. The molecule has 5 heteroatoms. The highest BCUT2D eigenvalue weighted by molar-refractivity contribution is 5.93. The summed E-state index contributed by atoms with van der Waals surface area (Å²) in [5.74, 6) is 0.0203. The summed E-state index contributed by atoms with van der Waals surface area (Å²) in [5.41, 5.74) is 1.65. The molecule has 2 heterocycles. The first-order chi connectivity index (χ1) is 10.2. The van der Waals surface area contributed by atoms with Crippen LogP contribution in [0.1, 0.15) is 37.2 Å². The Balaban J connectivity index is 2.09. The summed E-state index contributed by atoms with van der Waals surface area (Å²) >= 11 is 0. The van der Waals surface area contributed by atoms with Crippen molar-refractivity contribution in [2.45, 2.75) is 32.7 Å². The average molecular weight is 290 g/mol. The van der Waals surface area contributed by atoms with Gasteiger partial charge in [0, 0.05) is 44.1 Å². The molecule has 0 radical (unpaired) electrons. The van der Waals surface area contributed by atoms with Crippen LogP contribution in [-0.2, 0) is 0 Å². The number of carbonyl (C=O) groups excluding carboxylic acids is 1. The second-order valence-electron chi connectivity index (χ2n) is 5.43. The highest BCUT2D eigenvalue weighted by atomic mass is 16.2. The Hall–Kier alpha value is -1.62. The smallest absolute Gasteiger partial charge is 0.272 e. The number of carbonyl (C=O) groups is 1. The van der Waals surface area contributed by atoms with E-state index in [1.54, 1.807) is 11.1 Å². The molecule has 5 nitrogen and oxygen atoms in total. The minimum Gasteiger partial charge on any atom is -0.371 e. The molecule has 0 unspecified atom stereocenters. The van der Waals surface area contributed by atoms with E-state index in [4.69, 9.17) is 0 Å². The van der Waals surface area contributed by atoms with Crippen LogP contribution >= 0.6 is 0 Å². The molecule has 1 saturated heterocycles. The lowest BCUT2D eigenvalue weighted by molar-refractivity contribution is 0.0767. The van der Waals surface area contributed by atoms with Crippen molar-refractivity contribution < 1.29 is 4.79 Å². The lowest BCUT2D eigenvalue weighted by Gasteiger charge is -2.33. The van der Waals surface area contributed by atoms with Crippen molar-refractivity contribution in [1.29, 1.82) is 0 Å². The second-order valence-corrected chi connectivity index (χ2v) is 5.43. The third-order valence-corrected chi connectivity index (χ3v) is 4.28. The number of nitrogens with one attached hydrogen (secondary N) is 1. The van der Waals surface area contributed by atoms with Gasteiger partial charge in [0.15, 0.2) is 0 Å². The molecule has 0 spiro atoms. The number of anilines is 1.